The maximum absolute atomic E-state index is 4.43. The molecule has 0 amide bonds. The lowest BCUT2D eigenvalue weighted by atomic mass is 9.83. The minimum Gasteiger partial charge on any atom is -0.311 e. The van der Waals surface area contributed by atoms with Crippen LogP contribution in [0.1, 0.15) is 39.1 Å². The Balaban J connectivity index is 2.09. The van der Waals surface area contributed by atoms with Gasteiger partial charge in [-0.05, 0) is 11.8 Å². The number of rotatable bonds is 3. The summed E-state index contributed by atoms with van der Waals surface area (Å²) in [6.45, 7) is 12.5. The molecule has 1 fully saturated rings. The Hall–Kier alpha value is -0.450. The second-order valence-corrected chi connectivity index (χ2v) is 7.23. The van der Waals surface area contributed by atoms with Gasteiger partial charge in [0.15, 0.2) is 0 Å². The number of nitrogens with one attached hydrogen (secondary N) is 1. The Morgan fingerprint density at radius 3 is 2.83 bits per heavy atom. The molecule has 4 heteroatoms. The molecular formula is C14H25N3S. The number of aromatic nitrogens is 1. The van der Waals surface area contributed by atoms with E-state index in [1.807, 2.05) is 6.20 Å². The molecule has 3 nitrogen and oxygen atoms in total. The van der Waals surface area contributed by atoms with E-state index >= 15 is 0 Å². The average molecular weight is 267 g/mol. The van der Waals surface area contributed by atoms with Crippen molar-refractivity contribution in [1.29, 1.82) is 0 Å². The largest absolute Gasteiger partial charge is 0.311 e. The summed E-state index contributed by atoms with van der Waals surface area (Å²) in [4.78, 5) is 7.05. The number of hydrogen-bond donors (Lipinski definition) is 1. The quantitative estimate of drug-likeness (QED) is 0.913. The van der Waals surface area contributed by atoms with Gasteiger partial charge in [0, 0.05) is 36.8 Å². The standard InChI is InChI=1S/C14H25N3S/c1-5-11-9-17(10-13-15-6-7-18-13)12(8-16-11)14(2,3)4/h6-7,11-12,16H,5,8-10H2,1-4H3. The molecule has 2 unspecified atom stereocenters. The Morgan fingerprint density at radius 1 is 1.50 bits per heavy atom. The number of hydrogen-bond acceptors (Lipinski definition) is 4. The normalized spacial score (nSPS) is 26.4. The van der Waals surface area contributed by atoms with Crippen molar-refractivity contribution in [3.8, 4) is 0 Å². The molecule has 0 aromatic carbocycles. The lowest BCUT2D eigenvalue weighted by molar-refractivity contribution is 0.0484. The lowest BCUT2D eigenvalue weighted by Crippen LogP contribution is -2.59. The van der Waals surface area contributed by atoms with Gasteiger partial charge in [-0.25, -0.2) is 4.98 Å². The summed E-state index contributed by atoms with van der Waals surface area (Å²) in [5.74, 6) is 0. The van der Waals surface area contributed by atoms with Gasteiger partial charge in [0.25, 0.3) is 0 Å². The molecule has 2 heterocycles. The molecule has 0 bridgehead atoms. The van der Waals surface area contributed by atoms with E-state index in [4.69, 9.17) is 0 Å². The maximum atomic E-state index is 4.43. The van der Waals surface area contributed by atoms with E-state index in [0.29, 0.717) is 17.5 Å². The van der Waals surface area contributed by atoms with Gasteiger partial charge in [-0.3, -0.25) is 4.90 Å². The highest BCUT2D eigenvalue weighted by Crippen LogP contribution is 2.28. The Kier molecular flexibility index (Phi) is 4.41. The van der Waals surface area contributed by atoms with E-state index < -0.39 is 0 Å². The van der Waals surface area contributed by atoms with Crippen molar-refractivity contribution in [1.82, 2.24) is 15.2 Å². The molecule has 1 saturated heterocycles. The third kappa shape index (κ3) is 3.31. The van der Waals surface area contributed by atoms with Crippen molar-refractivity contribution in [2.45, 2.75) is 52.7 Å². The molecule has 102 valence electrons. The predicted molar refractivity (Wildman–Crippen MR) is 77.8 cm³/mol. The highest BCUT2D eigenvalue weighted by molar-refractivity contribution is 7.09. The third-order valence-electron chi connectivity index (χ3n) is 3.81. The van der Waals surface area contributed by atoms with Crippen LogP contribution < -0.4 is 5.32 Å². The first-order valence-corrected chi connectivity index (χ1v) is 7.74. The van der Waals surface area contributed by atoms with Gasteiger partial charge in [0.2, 0.25) is 0 Å². The number of piperazine rings is 1. The Labute approximate surface area is 115 Å². The molecular weight excluding hydrogens is 242 g/mol. The fraction of sp³-hybridized carbons (Fsp3) is 0.786. The van der Waals surface area contributed by atoms with Gasteiger partial charge in [0.1, 0.15) is 5.01 Å². The molecule has 1 aromatic heterocycles. The van der Waals surface area contributed by atoms with Crippen LogP contribution in [0.4, 0.5) is 0 Å². The molecule has 1 aromatic rings. The first kappa shape index (κ1) is 14.0. The zero-order valence-electron chi connectivity index (χ0n) is 11.9. The topological polar surface area (TPSA) is 28.2 Å². The van der Waals surface area contributed by atoms with Gasteiger partial charge >= 0.3 is 0 Å². The van der Waals surface area contributed by atoms with E-state index in [1.165, 1.54) is 11.4 Å². The van der Waals surface area contributed by atoms with E-state index in [0.717, 1.165) is 19.6 Å². The van der Waals surface area contributed by atoms with Crippen LogP contribution in [0, 0.1) is 5.41 Å². The van der Waals surface area contributed by atoms with Crippen LogP contribution in [-0.2, 0) is 6.54 Å². The first-order chi connectivity index (χ1) is 8.50. The fourth-order valence-corrected chi connectivity index (χ4v) is 3.33. The minimum absolute atomic E-state index is 0.309. The Bertz CT molecular complexity index is 356. The van der Waals surface area contributed by atoms with Crippen molar-refractivity contribution in [2.75, 3.05) is 13.1 Å². The summed E-state index contributed by atoms with van der Waals surface area (Å²) in [6.07, 6.45) is 3.11. The molecule has 0 spiro atoms. The summed E-state index contributed by atoms with van der Waals surface area (Å²) in [6, 6.07) is 1.22. The van der Waals surface area contributed by atoms with Crippen molar-refractivity contribution in [3.05, 3.63) is 16.6 Å². The number of nitrogens with zero attached hydrogens (tertiary/aromatic N) is 2. The molecule has 2 rings (SSSR count). The molecule has 0 saturated carbocycles. The summed E-state index contributed by atoms with van der Waals surface area (Å²) in [7, 11) is 0. The molecule has 0 aliphatic carbocycles. The van der Waals surface area contributed by atoms with Crippen molar-refractivity contribution < 1.29 is 0 Å². The van der Waals surface area contributed by atoms with Crippen LogP contribution in [0.3, 0.4) is 0 Å². The van der Waals surface area contributed by atoms with Gasteiger partial charge in [-0.1, -0.05) is 27.7 Å². The van der Waals surface area contributed by atoms with Crippen LogP contribution in [0.25, 0.3) is 0 Å². The summed E-state index contributed by atoms with van der Waals surface area (Å²) >= 11 is 1.76. The zero-order valence-corrected chi connectivity index (χ0v) is 12.8. The smallest absolute Gasteiger partial charge is 0.107 e. The van der Waals surface area contributed by atoms with Gasteiger partial charge in [-0.15, -0.1) is 11.3 Å². The van der Waals surface area contributed by atoms with Crippen molar-refractivity contribution in [3.63, 3.8) is 0 Å². The predicted octanol–water partition coefficient (Wildman–Crippen LogP) is 2.74. The fourth-order valence-electron chi connectivity index (χ4n) is 2.69. The zero-order chi connectivity index (χ0) is 13.2. The van der Waals surface area contributed by atoms with Crippen LogP contribution >= 0.6 is 11.3 Å². The molecule has 1 N–H and O–H groups in total. The maximum Gasteiger partial charge on any atom is 0.107 e. The highest BCUT2D eigenvalue weighted by atomic mass is 32.1. The second kappa shape index (κ2) is 5.68. The first-order valence-electron chi connectivity index (χ1n) is 6.86. The third-order valence-corrected chi connectivity index (χ3v) is 4.57. The summed E-state index contributed by atoms with van der Waals surface area (Å²) in [5.41, 5.74) is 0.309. The second-order valence-electron chi connectivity index (χ2n) is 6.25. The van der Waals surface area contributed by atoms with Crippen LogP contribution in [-0.4, -0.2) is 35.1 Å². The van der Waals surface area contributed by atoms with E-state index in [9.17, 15) is 0 Å². The summed E-state index contributed by atoms with van der Waals surface area (Å²) < 4.78 is 0. The molecule has 0 radical (unpaired) electrons. The SMILES string of the molecule is CCC1CN(Cc2nccs2)C(C(C)(C)C)CN1. The molecule has 1 aliphatic rings. The van der Waals surface area contributed by atoms with Crippen LogP contribution in [0.5, 0.6) is 0 Å². The Morgan fingerprint density at radius 2 is 2.28 bits per heavy atom. The van der Waals surface area contributed by atoms with E-state index in [-0.39, 0.29) is 0 Å². The lowest BCUT2D eigenvalue weighted by Gasteiger charge is -2.46. The van der Waals surface area contributed by atoms with Crippen molar-refractivity contribution >= 4 is 11.3 Å². The van der Waals surface area contributed by atoms with Gasteiger partial charge < -0.3 is 5.32 Å². The van der Waals surface area contributed by atoms with E-state index in [1.54, 1.807) is 11.3 Å². The van der Waals surface area contributed by atoms with E-state index in [2.05, 4.69) is 48.3 Å². The minimum atomic E-state index is 0.309. The van der Waals surface area contributed by atoms with Gasteiger partial charge in [-0.2, -0.15) is 0 Å². The van der Waals surface area contributed by atoms with Crippen LogP contribution in [0.2, 0.25) is 0 Å². The monoisotopic (exact) mass is 267 g/mol. The average Bonchev–Trinajstić information content (AvgIpc) is 2.80. The molecule has 1 aliphatic heterocycles. The molecule has 2 atom stereocenters. The van der Waals surface area contributed by atoms with Gasteiger partial charge in [0.05, 0.1) is 6.54 Å². The highest BCUT2D eigenvalue weighted by Gasteiger charge is 2.35. The summed E-state index contributed by atoms with van der Waals surface area (Å²) in [5, 5.41) is 6.98. The number of thiazole rings is 1. The van der Waals surface area contributed by atoms with Crippen molar-refractivity contribution in [2.24, 2.45) is 5.41 Å². The van der Waals surface area contributed by atoms with Crippen LogP contribution in [0.15, 0.2) is 11.6 Å². The molecule has 18 heavy (non-hydrogen) atoms.